The van der Waals surface area contributed by atoms with Crippen LogP contribution in [-0.4, -0.2) is 41.6 Å². The van der Waals surface area contributed by atoms with Crippen LogP contribution in [0.4, 0.5) is 5.13 Å². The molecule has 8 nitrogen and oxygen atoms in total. The van der Waals surface area contributed by atoms with Gasteiger partial charge in [0.05, 0.1) is 35.5 Å². The van der Waals surface area contributed by atoms with Gasteiger partial charge in [-0.05, 0) is 86.3 Å². The van der Waals surface area contributed by atoms with Crippen LogP contribution in [0.5, 0.6) is 17.2 Å². The number of aliphatic hydroxyl groups excluding tert-OH is 1. The van der Waals surface area contributed by atoms with E-state index >= 15 is 0 Å². The van der Waals surface area contributed by atoms with E-state index in [1.807, 2.05) is 45.9 Å². The summed E-state index contributed by atoms with van der Waals surface area (Å²) >= 11 is 1.34. The minimum Gasteiger partial charge on any atom is -0.507 e. The second-order valence-corrected chi connectivity index (χ2v) is 11.4. The number of Topliss-reactive ketones (excluding diaryl/α,β-unsaturated/α-hetero) is 1. The molecule has 1 fully saturated rings. The number of carbonyl (C=O) groups excluding carboxylic acids is 2. The first-order valence-electron chi connectivity index (χ1n) is 13.5. The van der Waals surface area contributed by atoms with Crippen LogP contribution in [0.25, 0.3) is 16.0 Å². The Hall–Kier alpha value is -4.37. The first kappa shape index (κ1) is 26.8. The standard InChI is InChI=1S/C32H30N2O6S/c1-6-39-23-10-7-19(15-24(23)38-5)28-26(29(35)20-8-9-22-21(14-20)13-18(4)40-22)30(36)31(37)34(28)32-33-27-17(3)11-16(2)12-25(27)41-32/h7-12,14-15,18,28,35H,6,13H2,1-5H3/b29-26+. The molecule has 6 rings (SSSR count). The van der Waals surface area contributed by atoms with Crippen molar-refractivity contribution in [2.75, 3.05) is 18.6 Å². The summed E-state index contributed by atoms with van der Waals surface area (Å²) in [6.45, 7) is 8.28. The zero-order valence-electron chi connectivity index (χ0n) is 23.5. The number of aryl methyl sites for hydroxylation is 2. The third kappa shape index (κ3) is 4.50. The number of hydrogen-bond donors (Lipinski definition) is 1. The van der Waals surface area contributed by atoms with Gasteiger partial charge in [0.2, 0.25) is 0 Å². The predicted octanol–water partition coefficient (Wildman–Crippen LogP) is 6.27. The maximum Gasteiger partial charge on any atom is 0.301 e. The number of benzene rings is 3. The molecule has 210 valence electrons. The molecular weight excluding hydrogens is 540 g/mol. The van der Waals surface area contributed by atoms with E-state index in [9.17, 15) is 14.7 Å². The van der Waals surface area contributed by atoms with Gasteiger partial charge >= 0.3 is 5.91 Å². The van der Waals surface area contributed by atoms with E-state index in [1.165, 1.54) is 23.3 Å². The van der Waals surface area contributed by atoms with Gasteiger partial charge in [-0.2, -0.15) is 0 Å². The fourth-order valence-electron chi connectivity index (χ4n) is 5.66. The SMILES string of the molecule is CCOc1ccc(C2/C(=C(\O)c3ccc4c(c3)CC(C)O4)C(=O)C(=O)N2c2nc3c(C)cc(C)cc3s2)cc1OC. The molecule has 2 atom stereocenters. The molecule has 4 aromatic rings. The monoisotopic (exact) mass is 570 g/mol. The van der Waals surface area contributed by atoms with Crippen LogP contribution in [0, 0.1) is 13.8 Å². The van der Waals surface area contributed by atoms with E-state index in [1.54, 1.807) is 30.3 Å². The van der Waals surface area contributed by atoms with Crippen molar-refractivity contribution in [1.82, 2.24) is 4.98 Å². The first-order valence-corrected chi connectivity index (χ1v) is 14.3. The summed E-state index contributed by atoms with van der Waals surface area (Å²) < 4.78 is 18.0. The number of aliphatic hydroxyl groups is 1. The summed E-state index contributed by atoms with van der Waals surface area (Å²) in [6, 6.07) is 13.7. The van der Waals surface area contributed by atoms with Crippen molar-refractivity contribution in [3.05, 3.63) is 81.9 Å². The Morgan fingerprint density at radius 2 is 1.93 bits per heavy atom. The molecule has 2 aliphatic rings. The van der Waals surface area contributed by atoms with E-state index in [0.717, 1.165) is 32.7 Å². The molecule has 9 heteroatoms. The Morgan fingerprint density at radius 1 is 1.12 bits per heavy atom. The smallest absolute Gasteiger partial charge is 0.301 e. The molecule has 0 aliphatic carbocycles. The Bertz CT molecular complexity index is 1760. The molecule has 0 spiro atoms. The number of anilines is 1. The van der Waals surface area contributed by atoms with Crippen molar-refractivity contribution in [2.45, 2.75) is 46.3 Å². The van der Waals surface area contributed by atoms with Crippen LogP contribution in [0.15, 0.2) is 54.1 Å². The lowest BCUT2D eigenvalue weighted by molar-refractivity contribution is -0.132. The molecule has 1 aromatic heterocycles. The van der Waals surface area contributed by atoms with Crippen LogP contribution in [0.3, 0.4) is 0 Å². The molecule has 2 unspecified atom stereocenters. The highest BCUT2D eigenvalue weighted by Crippen LogP contribution is 2.46. The van der Waals surface area contributed by atoms with Crippen molar-refractivity contribution < 1.29 is 28.9 Å². The first-order chi connectivity index (χ1) is 19.7. The number of rotatable bonds is 6. The van der Waals surface area contributed by atoms with Gasteiger partial charge in [0.25, 0.3) is 5.78 Å². The average molecular weight is 571 g/mol. The van der Waals surface area contributed by atoms with Crippen molar-refractivity contribution in [3.63, 3.8) is 0 Å². The number of nitrogens with zero attached hydrogens (tertiary/aromatic N) is 2. The molecule has 1 amide bonds. The molecule has 3 heterocycles. The van der Waals surface area contributed by atoms with E-state index < -0.39 is 17.7 Å². The van der Waals surface area contributed by atoms with Crippen LogP contribution in [0.1, 0.15) is 47.7 Å². The second kappa shape index (κ2) is 10.2. The molecule has 41 heavy (non-hydrogen) atoms. The third-order valence-corrected chi connectivity index (χ3v) is 8.44. The lowest BCUT2D eigenvalue weighted by Crippen LogP contribution is -2.29. The average Bonchev–Trinajstić information content (AvgIpc) is 3.61. The number of ether oxygens (including phenoxy) is 3. The molecule has 0 bridgehead atoms. The van der Waals surface area contributed by atoms with Gasteiger partial charge in [-0.1, -0.05) is 23.5 Å². The van der Waals surface area contributed by atoms with Crippen LogP contribution >= 0.6 is 11.3 Å². The molecule has 1 saturated heterocycles. The quantitative estimate of drug-likeness (QED) is 0.166. The number of carbonyl (C=O) groups is 2. The molecule has 2 aliphatic heterocycles. The van der Waals surface area contributed by atoms with Crippen molar-refractivity contribution in [2.24, 2.45) is 0 Å². The number of thiazole rings is 1. The van der Waals surface area contributed by atoms with Gasteiger partial charge in [-0.25, -0.2) is 4.98 Å². The number of hydrogen-bond acceptors (Lipinski definition) is 8. The maximum absolute atomic E-state index is 13.7. The lowest BCUT2D eigenvalue weighted by Gasteiger charge is -2.24. The van der Waals surface area contributed by atoms with Crippen molar-refractivity contribution >= 4 is 44.1 Å². The normalized spacial score (nSPS) is 19.5. The molecule has 1 N–H and O–H groups in total. The topological polar surface area (TPSA) is 98.2 Å². The van der Waals surface area contributed by atoms with Gasteiger partial charge in [0.15, 0.2) is 16.6 Å². The molecular formula is C32H30N2O6S. The summed E-state index contributed by atoms with van der Waals surface area (Å²) in [5.74, 6) is -0.0425. The summed E-state index contributed by atoms with van der Waals surface area (Å²) in [4.78, 5) is 33.7. The van der Waals surface area contributed by atoms with Crippen LogP contribution in [0.2, 0.25) is 0 Å². The zero-order valence-corrected chi connectivity index (χ0v) is 24.3. The van der Waals surface area contributed by atoms with Crippen molar-refractivity contribution in [1.29, 1.82) is 0 Å². The number of amides is 1. The number of ketones is 1. The van der Waals surface area contributed by atoms with Gasteiger partial charge in [-0.3, -0.25) is 14.5 Å². The highest BCUT2D eigenvalue weighted by Gasteiger charge is 2.48. The number of methoxy groups -OCH3 is 1. The Labute approximate surface area is 241 Å². The minimum absolute atomic E-state index is 0.0136. The highest BCUT2D eigenvalue weighted by atomic mass is 32.1. The van der Waals surface area contributed by atoms with Gasteiger partial charge in [0, 0.05) is 12.0 Å². The fourth-order valence-corrected chi connectivity index (χ4v) is 6.83. The molecule has 3 aromatic carbocycles. The predicted molar refractivity (Wildman–Crippen MR) is 158 cm³/mol. The number of fused-ring (bicyclic) bond motifs is 2. The van der Waals surface area contributed by atoms with Crippen molar-refractivity contribution in [3.8, 4) is 17.2 Å². The van der Waals surface area contributed by atoms with Gasteiger partial charge < -0.3 is 19.3 Å². The summed E-state index contributed by atoms with van der Waals surface area (Å²) in [7, 11) is 1.53. The Morgan fingerprint density at radius 3 is 2.68 bits per heavy atom. The number of aromatic nitrogens is 1. The van der Waals surface area contributed by atoms with E-state index in [0.29, 0.717) is 40.8 Å². The second-order valence-electron chi connectivity index (χ2n) is 10.4. The largest absolute Gasteiger partial charge is 0.507 e. The highest BCUT2D eigenvalue weighted by molar-refractivity contribution is 7.22. The van der Waals surface area contributed by atoms with Crippen LogP contribution in [-0.2, 0) is 16.0 Å². The van der Waals surface area contributed by atoms with Gasteiger partial charge in [0.1, 0.15) is 17.6 Å². The lowest BCUT2D eigenvalue weighted by atomic mass is 9.94. The van der Waals surface area contributed by atoms with E-state index in [4.69, 9.17) is 19.2 Å². The zero-order chi connectivity index (χ0) is 29.0. The Balaban J connectivity index is 1.56. The van der Waals surface area contributed by atoms with E-state index in [2.05, 4.69) is 0 Å². The summed E-state index contributed by atoms with van der Waals surface area (Å²) in [5, 5.41) is 12.0. The molecule has 0 saturated carbocycles. The fraction of sp³-hybridized carbons (Fsp3) is 0.281. The Kier molecular flexibility index (Phi) is 6.69. The summed E-state index contributed by atoms with van der Waals surface area (Å²) in [5.41, 5.74) is 4.78. The van der Waals surface area contributed by atoms with Crippen LogP contribution < -0.4 is 19.1 Å². The third-order valence-electron chi connectivity index (χ3n) is 7.44. The summed E-state index contributed by atoms with van der Waals surface area (Å²) in [6.07, 6.45) is 0.713. The van der Waals surface area contributed by atoms with E-state index in [-0.39, 0.29) is 17.4 Å². The minimum atomic E-state index is -0.940. The van der Waals surface area contributed by atoms with Gasteiger partial charge in [-0.15, -0.1) is 0 Å². The maximum atomic E-state index is 13.7. The molecule has 0 radical (unpaired) electrons.